The summed E-state index contributed by atoms with van der Waals surface area (Å²) in [5.41, 5.74) is 1.88. The third-order valence-electron chi connectivity index (χ3n) is 3.93. The summed E-state index contributed by atoms with van der Waals surface area (Å²) < 4.78 is 15.9. The van der Waals surface area contributed by atoms with Gasteiger partial charge in [-0.1, -0.05) is 12.1 Å². The molecule has 25 heavy (non-hydrogen) atoms. The predicted molar refractivity (Wildman–Crippen MR) is 93.8 cm³/mol. The molecular weight excluding hydrogens is 322 g/mol. The highest BCUT2D eigenvalue weighted by atomic mass is 16.5. The molecule has 6 nitrogen and oxygen atoms in total. The molecule has 0 fully saturated rings. The van der Waals surface area contributed by atoms with Gasteiger partial charge in [-0.3, -0.25) is 0 Å². The van der Waals surface area contributed by atoms with E-state index in [4.69, 9.17) is 14.2 Å². The van der Waals surface area contributed by atoms with E-state index < -0.39 is 5.97 Å². The van der Waals surface area contributed by atoms with Crippen LogP contribution in [-0.4, -0.2) is 37.4 Å². The van der Waals surface area contributed by atoms with Gasteiger partial charge in [0.15, 0.2) is 11.5 Å². The number of carbonyl (C=O) groups is 1. The lowest BCUT2D eigenvalue weighted by Crippen LogP contribution is -2.01. The molecule has 128 valence electrons. The summed E-state index contributed by atoms with van der Waals surface area (Å²) in [5.74, 6) is 0.617. The van der Waals surface area contributed by atoms with Gasteiger partial charge in [0.25, 0.3) is 0 Å². The van der Waals surface area contributed by atoms with Gasteiger partial charge in [0.2, 0.25) is 0 Å². The first-order chi connectivity index (χ1) is 12.1. The first-order valence-corrected chi connectivity index (χ1v) is 7.52. The van der Waals surface area contributed by atoms with Crippen molar-refractivity contribution >= 4 is 16.9 Å². The van der Waals surface area contributed by atoms with Gasteiger partial charge in [0, 0.05) is 10.9 Å². The molecule has 1 heterocycles. The predicted octanol–water partition coefficient (Wildman–Crippen LogP) is 3.63. The maximum absolute atomic E-state index is 11.7. The van der Waals surface area contributed by atoms with Crippen molar-refractivity contribution in [3.05, 3.63) is 48.0 Å². The summed E-state index contributed by atoms with van der Waals surface area (Å²) in [6, 6.07) is 12.1. The molecule has 3 rings (SSSR count). The molecule has 0 radical (unpaired) electrons. The summed E-state index contributed by atoms with van der Waals surface area (Å²) in [4.78, 5) is 16.3. The number of hydrogen-bond donors (Lipinski definition) is 1. The highest BCUT2D eigenvalue weighted by molar-refractivity contribution is 6.05. The minimum atomic E-state index is -1.03. The van der Waals surface area contributed by atoms with E-state index in [-0.39, 0.29) is 5.56 Å². The number of methoxy groups -OCH3 is 3. The third kappa shape index (κ3) is 2.94. The Bertz CT molecular complexity index is 952. The zero-order valence-electron chi connectivity index (χ0n) is 14.1. The molecule has 2 aromatic carbocycles. The zero-order valence-corrected chi connectivity index (χ0v) is 14.1. The van der Waals surface area contributed by atoms with Crippen molar-refractivity contribution in [3.8, 4) is 28.5 Å². The summed E-state index contributed by atoms with van der Waals surface area (Å²) in [7, 11) is 4.63. The Morgan fingerprint density at radius 1 is 0.920 bits per heavy atom. The Kier molecular flexibility index (Phi) is 4.43. The lowest BCUT2D eigenvalue weighted by atomic mass is 10.0. The van der Waals surface area contributed by atoms with Gasteiger partial charge in [-0.15, -0.1) is 0 Å². The van der Waals surface area contributed by atoms with E-state index in [1.807, 2.05) is 0 Å². The Balaban J connectivity index is 2.28. The first-order valence-electron chi connectivity index (χ1n) is 7.52. The zero-order chi connectivity index (χ0) is 18.0. The highest BCUT2D eigenvalue weighted by Gasteiger charge is 2.16. The topological polar surface area (TPSA) is 77.9 Å². The largest absolute Gasteiger partial charge is 0.494 e. The minimum Gasteiger partial charge on any atom is -0.494 e. The van der Waals surface area contributed by atoms with E-state index in [1.165, 1.54) is 7.11 Å². The smallest absolute Gasteiger partial charge is 0.336 e. The average molecular weight is 339 g/mol. The lowest BCUT2D eigenvalue weighted by molar-refractivity contribution is 0.0699. The molecule has 0 atom stereocenters. The maximum Gasteiger partial charge on any atom is 0.336 e. The Hall–Kier alpha value is -3.28. The van der Waals surface area contributed by atoms with E-state index in [0.717, 1.165) is 0 Å². The van der Waals surface area contributed by atoms with Crippen LogP contribution in [0.25, 0.3) is 22.2 Å². The number of carboxylic acid groups (broad SMARTS) is 1. The van der Waals surface area contributed by atoms with Crippen LogP contribution in [0.1, 0.15) is 10.4 Å². The molecular formula is C19H17NO5. The molecule has 0 aliphatic rings. The summed E-state index contributed by atoms with van der Waals surface area (Å²) >= 11 is 0. The summed E-state index contributed by atoms with van der Waals surface area (Å²) in [5, 5.41) is 10.1. The van der Waals surface area contributed by atoms with Gasteiger partial charge >= 0.3 is 5.97 Å². The molecule has 0 aliphatic heterocycles. The van der Waals surface area contributed by atoms with Gasteiger partial charge in [0.1, 0.15) is 11.3 Å². The van der Waals surface area contributed by atoms with Gasteiger partial charge in [-0.2, -0.15) is 0 Å². The molecule has 6 heteroatoms. The van der Waals surface area contributed by atoms with Gasteiger partial charge in [0.05, 0.1) is 32.6 Å². The number of ether oxygens (including phenoxy) is 3. The van der Waals surface area contributed by atoms with Crippen LogP contribution in [-0.2, 0) is 0 Å². The Labute approximate surface area is 144 Å². The number of rotatable bonds is 5. The van der Waals surface area contributed by atoms with Crippen LogP contribution in [0, 0.1) is 0 Å². The standard InChI is InChI=1S/C19H17NO5/c1-23-15-8-7-11(9-17(15)25-3)14-10-13(19(21)22)12-5-4-6-16(24-2)18(12)20-14/h4-10H,1-3H3,(H,21,22). The molecule has 0 amide bonds. The fourth-order valence-electron chi connectivity index (χ4n) is 2.71. The lowest BCUT2D eigenvalue weighted by Gasteiger charge is -2.12. The van der Waals surface area contributed by atoms with Gasteiger partial charge in [-0.05, 0) is 30.3 Å². The molecule has 0 bridgehead atoms. The number of para-hydroxylation sites is 1. The van der Waals surface area contributed by atoms with E-state index in [0.29, 0.717) is 39.4 Å². The molecule has 0 saturated carbocycles. The fraction of sp³-hybridized carbons (Fsp3) is 0.158. The second kappa shape index (κ2) is 6.68. The van der Waals surface area contributed by atoms with Crippen LogP contribution in [0.3, 0.4) is 0 Å². The van der Waals surface area contributed by atoms with E-state index in [9.17, 15) is 9.90 Å². The van der Waals surface area contributed by atoms with Crippen LogP contribution in [0.2, 0.25) is 0 Å². The summed E-state index contributed by atoms with van der Waals surface area (Å²) in [6.07, 6.45) is 0. The Morgan fingerprint density at radius 2 is 1.64 bits per heavy atom. The molecule has 0 spiro atoms. The van der Waals surface area contributed by atoms with Crippen LogP contribution in [0.4, 0.5) is 0 Å². The summed E-state index contributed by atoms with van der Waals surface area (Å²) in [6.45, 7) is 0. The number of benzene rings is 2. The van der Waals surface area contributed by atoms with Crippen molar-refractivity contribution in [2.24, 2.45) is 0 Å². The first kappa shape index (κ1) is 16.6. The molecule has 0 saturated heterocycles. The SMILES string of the molecule is COc1ccc(-c2cc(C(=O)O)c3cccc(OC)c3n2)cc1OC. The van der Waals surface area contributed by atoms with Crippen LogP contribution in [0.15, 0.2) is 42.5 Å². The number of carboxylic acids is 1. The highest BCUT2D eigenvalue weighted by Crippen LogP contribution is 2.34. The number of hydrogen-bond acceptors (Lipinski definition) is 5. The van der Waals surface area contributed by atoms with Crippen molar-refractivity contribution in [2.45, 2.75) is 0 Å². The Morgan fingerprint density at radius 3 is 2.28 bits per heavy atom. The van der Waals surface area contributed by atoms with Crippen molar-refractivity contribution in [1.29, 1.82) is 0 Å². The van der Waals surface area contributed by atoms with E-state index >= 15 is 0 Å². The molecule has 0 unspecified atom stereocenters. The fourth-order valence-corrected chi connectivity index (χ4v) is 2.71. The normalized spacial score (nSPS) is 10.5. The van der Waals surface area contributed by atoms with Crippen molar-refractivity contribution < 1.29 is 24.1 Å². The number of fused-ring (bicyclic) bond motifs is 1. The quantitative estimate of drug-likeness (QED) is 0.765. The van der Waals surface area contributed by atoms with Crippen LogP contribution in [0.5, 0.6) is 17.2 Å². The van der Waals surface area contributed by atoms with Crippen molar-refractivity contribution in [3.63, 3.8) is 0 Å². The molecule has 0 aliphatic carbocycles. The second-order valence-electron chi connectivity index (χ2n) is 5.29. The second-order valence-corrected chi connectivity index (χ2v) is 5.29. The molecule has 1 N–H and O–H groups in total. The van der Waals surface area contributed by atoms with E-state index in [1.54, 1.807) is 56.7 Å². The monoisotopic (exact) mass is 339 g/mol. The molecule has 1 aromatic heterocycles. The molecule has 3 aromatic rings. The van der Waals surface area contributed by atoms with Crippen LogP contribution < -0.4 is 14.2 Å². The van der Waals surface area contributed by atoms with Gasteiger partial charge in [-0.25, -0.2) is 9.78 Å². The maximum atomic E-state index is 11.7. The van der Waals surface area contributed by atoms with Crippen molar-refractivity contribution in [1.82, 2.24) is 4.98 Å². The van der Waals surface area contributed by atoms with Gasteiger partial charge < -0.3 is 19.3 Å². The average Bonchev–Trinajstić information content (AvgIpc) is 2.65. The van der Waals surface area contributed by atoms with E-state index in [2.05, 4.69) is 4.98 Å². The minimum absolute atomic E-state index is 0.161. The number of pyridine rings is 1. The number of aromatic nitrogens is 1. The van der Waals surface area contributed by atoms with Crippen molar-refractivity contribution in [2.75, 3.05) is 21.3 Å². The third-order valence-corrected chi connectivity index (χ3v) is 3.93. The van der Waals surface area contributed by atoms with Crippen LogP contribution >= 0.6 is 0 Å². The number of nitrogens with zero attached hydrogens (tertiary/aromatic N) is 1. The number of aromatic carboxylic acids is 1.